The Morgan fingerprint density at radius 2 is 1.39 bits per heavy atom. The summed E-state index contributed by atoms with van der Waals surface area (Å²) in [5.41, 5.74) is 13.6. The van der Waals surface area contributed by atoms with Gasteiger partial charge in [0.25, 0.3) is 0 Å². The van der Waals surface area contributed by atoms with E-state index in [0.717, 1.165) is 90.9 Å². The second kappa shape index (κ2) is 12.0. The van der Waals surface area contributed by atoms with E-state index in [0.29, 0.717) is 0 Å². The van der Waals surface area contributed by atoms with Crippen LogP contribution in [0, 0.1) is 0 Å². The van der Waals surface area contributed by atoms with Crippen molar-refractivity contribution in [1.82, 2.24) is 19.5 Å². The van der Waals surface area contributed by atoms with E-state index in [9.17, 15) is 0 Å². The number of pyridine rings is 3. The Bertz CT molecular complexity index is 2610. The fraction of sp³-hybridized carbons (Fsp3) is 0.0444. The number of allylic oxidation sites excluding steroid dienone is 5. The van der Waals surface area contributed by atoms with Gasteiger partial charge in [-0.3, -0.25) is 4.98 Å². The third-order valence-corrected chi connectivity index (χ3v) is 9.35. The molecule has 0 spiro atoms. The smallest absolute Gasteiger partial charge is 0.0899 e. The minimum Gasteiger partial charge on any atom is -0.308 e. The molecule has 0 fully saturated rings. The molecule has 4 heterocycles. The highest BCUT2D eigenvalue weighted by atomic mass is 15.0. The van der Waals surface area contributed by atoms with Crippen molar-refractivity contribution in [3.05, 3.63) is 176 Å². The number of hydrogen-bond donors (Lipinski definition) is 0. The summed E-state index contributed by atoms with van der Waals surface area (Å²) in [6.07, 6.45) is 9.95. The second-order valence-corrected chi connectivity index (χ2v) is 12.6. The normalized spacial score (nSPS) is 13.2. The summed E-state index contributed by atoms with van der Waals surface area (Å²) in [5, 5.41) is 3.45. The lowest BCUT2D eigenvalue weighted by Crippen LogP contribution is -1.98. The van der Waals surface area contributed by atoms with Crippen LogP contribution in [0.1, 0.15) is 18.5 Å². The van der Waals surface area contributed by atoms with Crippen LogP contribution in [0.15, 0.2) is 170 Å². The highest BCUT2D eigenvalue weighted by molar-refractivity contribution is 6.22. The Hall–Kier alpha value is -6.39. The molecule has 4 aromatic heterocycles. The zero-order valence-electron chi connectivity index (χ0n) is 26.9. The van der Waals surface area contributed by atoms with Crippen molar-refractivity contribution in [3.63, 3.8) is 0 Å². The molecule has 0 saturated carbocycles. The average molecular weight is 629 g/mol. The van der Waals surface area contributed by atoms with E-state index >= 15 is 0 Å². The Balaban J connectivity index is 1.30. The monoisotopic (exact) mass is 628 g/mol. The highest BCUT2D eigenvalue weighted by Crippen LogP contribution is 2.41. The Kier molecular flexibility index (Phi) is 7.06. The van der Waals surface area contributed by atoms with Gasteiger partial charge in [-0.15, -0.1) is 0 Å². The summed E-state index contributed by atoms with van der Waals surface area (Å²) in [6.45, 7) is 4.31. The Labute approximate surface area is 285 Å². The lowest BCUT2D eigenvalue weighted by atomic mass is 9.97. The third kappa shape index (κ3) is 5.15. The van der Waals surface area contributed by atoms with Crippen molar-refractivity contribution in [2.24, 2.45) is 0 Å². The van der Waals surface area contributed by atoms with Crippen LogP contribution in [-0.4, -0.2) is 19.5 Å². The van der Waals surface area contributed by atoms with E-state index in [1.54, 1.807) is 0 Å². The molecular weight excluding hydrogens is 597 g/mol. The Morgan fingerprint density at radius 1 is 0.612 bits per heavy atom. The standard InChI is InChI=1S/C45H32N4/c1-30-14-5-6-17-33(26-30)40-28-34(29-41(47-40)39-23-11-12-25-46-39)32-18-13-19-35(27-32)49-42-24-10-8-21-37(42)43-44(31-15-3-2-4-16-31)48-38-22-9-7-20-36(38)45(43)49/h2-13,15-25,27-29H,1,14,26H2. The summed E-state index contributed by atoms with van der Waals surface area (Å²) in [5.74, 6) is 0. The lowest BCUT2D eigenvalue weighted by Gasteiger charge is -2.15. The molecule has 0 saturated heterocycles. The van der Waals surface area contributed by atoms with Crippen molar-refractivity contribution in [2.75, 3.05) is 0 Å². The van der Waals surface area contributed by atoms with Gasteiger partial charge in [0.05, 0.1) is 39.3 Å². The zero-order valence-corrected chi connectivity index (χ0v) is 26.9. The molecule has 0 bridgehead atoms. The minimum atomic E-state index is 0.789. The van der Waals surface area contributed by atoms with Gasteiger partial charge in [-0.1, -0.05) is 115 Å². The van der Waals surface area contributed by atoms with Crippen LogP contribution in [0.5, 0.6) is 0 Å². The maximum Gasteiger partial charge on any atom is 0.0899 e. The number of benzene rings is 4. The first-order valence-electron chi connectivity index (χ1n) is 16.7. The van der Waals surface area contributed by atoms with Crippen LogP contribution in [0.3, 0.4) is 0 Å². The van der Waals surface area contributed by atoms with E-state index in [1.165, 1.54) is 11.0 Å². The molecule has 0 aliphatic heterocycles. The van der Waals surface area contributed by atoms with E-state index in [2.05, 4.69) is 150 Å². The molecule has 1 aliphatic rings. The SMILES string of the molecule is C=C1CC=CC=C(c2cc(-c3cccc(-n4c5ccccc5c5c(-c6ccccc6)nc6ccccc6c54)c3)cc(-c3ccccn3)n2)C1. The molecule has 49 heavy (non-hydrogen) atoms. The maximum atomic E-state index is 5.26. The van der Waals surface area contributed by atoms with Crippen LogP contribution < -0.4 is 0 Å². The number of aromatic nitrogens is 4. The lowest BCUT2D eigenvalue weighted by molar-refractivity contribution is 1.12. The van der Waals surface area contributed by atoms with Crippen LogP contribution in [0.4, 0.5) is 0 Å². The quantitative estimate of drug-likeness (QED) is 0.178. The van der Waals surface area contributed by atoms with Crippen molar-refractivity contribution in [1.29, 1.82) is 0 Å². The summed E-state index contributed by atoms with van der Waals surface area (Å²) >= 11 is 0. The summed E-state index contributed by atoms with van der Waals surface area (Å²) < 4.78 is 2.41. The van der Waals surface area contributed by atoms with Crippen molar-refractivity contribution >= 4 is 38.3 Å². The molecule has 4 heteroatoms. The Morgan fingerprint density at radius 3 is 2.27 bits per heavy atom. The van der Waals surface area contributed by atoms with Crippen LogP contribution >= 0.6 is 0 Å². The molecule has 9 rings (SSSR count). The predicted molar refractivity (Wildman–Crippen MR) is 203 cm³/mol. The van der Waals surface area contributed by atoms with Gasteiger partial charge < -0.3 is 4.57 Å². The van der Waals surface area contributed by atoms with Crippen molar-refractivity contribution < 1.29 is 0 Å². The van der Waals surface area contributed by atoms with Gasteiger partial charge in [0.15, 0.2) is 0 Å². The second-order valence-electron chi connectivity index (χ2n) is 12.6. The first-order valence-corrected chi connectivity index (χ1v) is 16.7. The minimum absolute atomic E-state index is 0.789. The van der Waals surface area contributed by atoms with E-state index < -0.39 is 0 Å². The summed E-state index contributed by atoms with van der Waals surface area (Å²) in [4.78, 5) is 15.1. The van der Waals surface area contributed by atoms with Gasteiger partial charge >= 0.3 is 0 Å². The fourth-order valence-corrected chi connectivity index (χ4v) is 7.08. The fourth-order valence-electron chi connectivity index (χ4n) is 7.08. The molecular formula is C45H32N4. The first-order chi connectivity index (χ1) is 24.2. The molecule has 0 atom stereocenters. The van der Waals surface area contributed by atoms with E-state index in [4.69, 9.17) is 9.97 Å². The molecule has 0 N–H and O–H groups in total. The first kappa shape index (κ1) is 28.8. The van der Waals surface area contributed by atoms with Gasteiger partial charge in [0.2, 0.25) is 0 Å². The van der Waals surface area contributed by atoms with Gasteiger partial charge in [0, 0.05) is 33.6 Å². The molecule has 8 aromatic rings. The van der Waals surface area contributed by atoms with Gasteiger partial charge in [0.1, 0.15) is 0 Å². The van der Waals surface area contributed by atoms with Crippen LogP contribution in [0.25, 0.3) is 77.7 Å². The van der Waals surface area contributed by atoms with Crippen LogP contribution in [-0.2, 0) is 0 Å². The molecule has 0 amide bonds. The number of hydrogen-bond acceptors (Lipinski definition) is 3. The maximum absolute atomic E-state index is 5.26. The zero-order chi connectivity index (χ0) is 32.7. The highest BCUT2D eigenvalue weighted by Gasteiger charge is 2.21. The molecule has 0 unspecified atom stereocenters. The number of fused-ring (bicyclic) bond motifs is 5. The number of rotatable bonds is 5. The van der Waals surface area contributed by atoms with Crippen LogP contribution in [0.2, 0.25) is 0 Å². The summed E-state index contributed by atoms with van der Waals surface area (Å²) in [6, 6.07) is 46.9. The van der Waals surface area contributed by atoms with E-state index in [1.807, 2.05) is 24.4 Å². The predicted octanol–water partition coefficient (Wildman–Crippen LogP) is 11.4. The van der Waals surface area contributed by atoms with Gasteiger partial charge in [-0.05, 0) is 78.1 Å². The third-order valence-electron chi connectivity index (χ3n) is 9.35. The molecule has 4 aromatic carbocycles. The number of nitrogens with zero attached hydrogens (tertiary/aromatic N) is 4. The summed E-state index contributed by atoms with van der Waals surface area (Å²) in [7, 11) is 0. The van der Waals surface area contributed by atoms with Crippen molar-refractivity contribution in [3.8, 4) is 39.5 Å². The largest absolute Gasteiger partial charge is 0.308 e. The number of para-hydroxylation sites is 2. The van der Waals surface area contributed by atoms with E-state index in [-0.39, 0.29) is 0 Å². The van der Waals surface area contributed by atoms with Gasteiger partial charge in [-0.2, -0.15) is 0 Å². The molecule has 4 nitrogen and oxygen atoms in total. The topological polar surface area (TPSA) is 43.6 Å². The van der Waals surface area contributed by atoms with Crippen molar-refractivity contribution in [2.45, 2.75) is 12.8 Å². The van der Waals surface area contributed by atoms with Gasteiger partial charge in [-0.25, -0.2) is 9.97 Å². The molecule has 0 radical (unpaired) electrons. The average Bonchev–Trinajstić information content (AvgIpc) is 3.36. The molecule has 1 aliphatic carbocycles. The molecule has 232 valence electrons.